The molecule has 1 aromatic heterocycles. The number of alkyl halides is 1. The molecule has 0 fully saturated rings. The second-order valence-corrected chi connectivity index (χ2v) is 4.42. The number of ether oxygens (including phenoxy) is 2. The van der Waals surface area contributed by atoms with Crippen LogP contribution in [0.2, 0.25) is 0 Å². The van der Waals surface area contributed by atoms with E-state index in [1.54, 1.807) is 13.3 Å². The lowest BCUT2D eigenvalue weighted by Crippen LogP contribution is -2.07. The zero-order valence-corrected chi connectivity index (χ0v) is 11.9. The Morgan fingerprint density at radius 3 is 2.79 bits per heavy atom. The van der Waals surface area contributed by atoms with Gasteiger partial charge in [0.1, 0.15) is 11.5 Å². The maximum atomic E-state index is 5.90. The van der Waals surface area contributed by atoms with Crippen LogP contribution in [0.15, 0.2) is 30.5 Å². The van der Waals surface area contributed by atoms with E-state index in [4.69, 9.17) is 21.1 Å². The van der Waals surface area contributed by atoms with Gasteiger partial charge in [-0.25, -0.2) is 0 Å². The Bertz CT molecular complexity index is 540. The van der Waals surface area contributed by atoms with Crippen molar-refractivity contribution in [3.8, 4) is 11.5 Å². The number of benzene rings is 1. The van der Waals surface area contributed by atoms with Crippen LogP contribution in [0.1, 0.15) is 11.3 Å². The van der Waals surface area contributed by atoms with Crippen molar-refractivity contribution in [3.63, 3.8) is 0 Å². The van der Waals surface area contributed by atoms with Gasteiger partial charge in [-0.2, -0.15) is 5.10 Å². The molecule has 5 heteroatoms. The Morgan fingerprint density at radius 2 is 2.16 bits per heavy atom. The van der Waals surface area contributed by atoms with Crippen molar-refractivity contribution < 1.29 is 9.47 Å². The monoisotopic (exact) mass is 280 g/mol. The molecule has 0 atom stereocenters. The van der Waals surface area contributed by atoms with Crippen molar-refractivity contribution in [2.24, 2.45) is 7.05 Å². The highest BCUT2D eigenvalue weighted by Gasteiger charge is 2.06. The van der Waals surface area contributed by atoms with Crippen LogP contribution in [0, 0.1) is 0 Å². The lowest BCUT2D eigenvalue weighted by molar-refractivity contribution is 0.313. The standard InChI is InChI=1S/C14H17ClN2O2/c1-17-12(5-7-16-17)6-8-19-14-9-13(18-2)4-3-11(14)10-15/h3-5,7,9H,6,8,10H2,1-2H3. The number of aromatic nitrogens is 2. The molecule has 19 heavy (non-hydrogen) atoms. The van der Waals surface area contributed by atoms with Crippen LogP contribution in [0.3, 0.4) is 0 Å². The van der Waals surface area contributed by atoms with Gasteiger partial charge in [0.15, 0.2) is 0 Å². The van der Waals surface area contributed by atoms with E-state index in [0.29, 0.717) is 12.5 Å². The number of halogens is 1. The fraction of sp³-hybridized carbons (Fsp3) is 0.357. The Hall–Kier alpha value is -1.68. The third kappa shape index (κ3) is 3.41. The second-order valence-electron chi connectivity index (χ2n) is 4.15. The third-order valence-corrected chi connectivity index (χ3v) is 3.24. The van der Waals surface area contributed by atoms with Crippen molar-refractivity contribution >= 4 is 11.6 Å². The van der Waals surface area contributed by atoms with E-state index in [-0.39, 0.29) is 0 Å². The molecule has 1 heterocycles. The topological polar surface area (TPSA) is 36.3 Å². The molecule has 0 amide bonds. The predicted octanol–water partition coefficient (Wildman–Crippen LogP) is 2.79. The average molecular weight is 281 g/mol. The average Bonchev–Trinajstić information content (AvgIpc) is 2.84. The molecule has 0 saturated carbocycles. The summed E-state index contributed by atoms with van der Waals surface area (Å²) in [5.74, 6) is 1.96. The van der Waals surface area contributed by atoms with Gasteiger partial charge in [-0.05, 0) is 12.1 Å². The van der Waals surface area contributed by atoms with Crippen molar-refractivity contribution in [1.82, 2.24) is 9.78 Å². The molecular weight excluding hydrogens is 264 g/mol. The smallest absolute Gasteiger partial charge is 0.127 e. The summed E-state index contributed by atoms with van der Waals surface area (Å²) in [5, 5.41) is 4.12. The SMILES string of the molecule is COc1ccc(CCl)c(OCCc2ccnn2C)c1. The van der Waals surface area contributed by atoms with Gasteiger partial charge in [0, 0.05) is 37.0 Å². The van der Waals surface area contributed by atoms with Crippen LogP contribution >= 0.6 is 11.6 Å². The van der Waals surface area contributed by atoms with E-state index in [2.05, 4.69) is 5.10 Å². The Morgan fingerprint density at radius 1 is 1.32 bits per heavy atom. The summed E-state index contributed by atoms with van der Waals surface area (Å²) < 4.78 is 12.8. The Balaban J connectivity index is 2.00. The molecule has 0 radical (unpaired) electrons. The minimum Gasteiger partial charge on any atom is -0.497 e. The zero-order valence-electron chi connectivity index (χ0n) is 11.1. The molecule has 0 unspecified atom stereocenters. The molecule has 102 valence electrons. The molecule has 0 aliphatic heterocycles. The molecule has 0 aliphatic carbocycles. The van der Waals surface area contributed by atoms with Gasteiger partial charge in [-0.1, -0.05) is 6.07 Å². The molecule has 2 rings (SSSR count). The fourth-order valence-corrected chi connectivity index (χ4v) is 2.04. The van der Waals surface area contributed by atoms with Crippen molar-refractivity contribution in [2.45, 2.75) is 12.3 Å². The number of hydrogen-bond donors (Lipinski definition) is 0. The maximum Gasteiger partial charge on any atom is 0.127 e. The highest BCUT2D eigenvalue weighted by molar-refractivity contribution is 6.17. The Kier molecular flexibility index (Phi) is 4.68. The molecule has 2 aromatic rings. The molecule has 0 bridgehead atoms. The van der Waals surface area contributed by atoms with E-state index in [1.165, 1.54) is 0 Å². The van der Waals surface area contributed by atoms with Gasteiger partial charge in [-0.3, -0.25) is 4.68 Å². The van der Waals surface area contributed by atoms with Crippen LogP contribution in [0.25, 0.3) is 0 Å². The predicted molar refractivity (Wildman–Crippen MR) is 75.0 cm³/mol. The van der Waals surface area contributed by atoms with Gasteiger partial charge in [0.25, 0.3) is 0 Å². The molecule has 0 aliphatic rings. The Labute approximate surface area is 117 Å². The summed E-state index contributed by atoms with van der Waals surface area (Å²) in [6.07, 6.45) is 2.58. The zero-order chi connectivity index (χ0) is 13.7. The molecule has 0 saturated heterocycles. The molecule has 1 aromatic carbocycles. The number of rotatable bonds is 6. The first-order valence-corrected chi connectivity index (χ1v) is 6.60. The largest absolute Gasteiger partial charge is 0.497 e. The number of aryl methyl sites for hydroxylation is 1. The highest BCUT2D eigenvalue weighted by atomic mass is 35.5. The first kappa shape index (κ1) is 13.7. The minimum absolute atomic E-state index is 0.422. The van der Waals surface area contributed by atoms with Crippen LogP contribution < -0.4 is 9.47 Å². The number of methoxy groups -OCH3 is 1. The van der Waals surface area contributed by atoms with Gasteiger partial charge < -0.3 is 9.47 Å². The van der Waals surface area contributed by atoms with E-state index in [1.807, 2.05) is 36.0 Å². The van der Waals surface area contributed by atoms with Gasteiger partial charge in [0.05, 0.1) is 19.6 Å². The summed E-state index contributed by atoms with van der Waals surface area (Å²) in [6.45, 7) is 0.580. The fourth-order valence-electron chi connectivity index (χ4n) is 1.82. The van der Waals surface area contributed by atoms with Crippen LogP contribution in [-0.2, 0) is 19.3 Å². The summed E-state index contributed by atoms with van der Waals surface area (Å²) in [6, 6.07) is 7.65. The summed E-state index contributed by atoms with van der Waals surface area (Å²) >= 11 is 5.90. The highest BCUT2D eigenvalue weighted by Crippen LogP contribution is 2.26. The quantitative estimate of drug-likeness (QED) is 0.764. The molecule has 4 nitrogen and oxygen atoms in total. The summed E-state index contributed by atoms with van der Waals surface area (Å²) in [7, 11) is 3.56. The van der Waals surface area contributed by atoms with E-state index in [0.717, 1.165) is 29.2 Å². The first-order chi connectivity index (χ1) is 9.24. The lowest BCUT2D eigenvalue weighted by Gasteiger charge is -2.11. The van der Waals surface area contributed by atoms with Crippen molar-refractivity contribution in [3.05, 3.63) is 41.7 Å². The van der Waals surface area contributed by atoms with Crippen LogP contribution in [0.4, 0.5) is 0 Å². The van der Waals surface area contributed by atoms with Crippen LogP contribution in [0.5, 0.6) is 11.5 Å². The minimum atomic E-state index is 0.422. The van der Waals surface area contributed by atoms with Crippen LogP contribution in [-0.4, -0.2) is 23.5 Å². The normalized spacial score (nSPS) is 10.5. The van der Waals surface area contributed by atoms with E-state index < -0.39 is 0 Å². The molecular formula is C14H17ClN2O2. The second kappa shape index (κ2) is 6.48. The van der Waals surface area contributed by atoms with E-state index >= 15 is 0 Å². The van der Waals surface area contributed by atoms with Gasteiger partial charge in [-0.15, -0.1) is 11.6 Å². The van der Waals surface area contributed by atoms with Gasteiger partial charge in [0.2, 0.25) is 0 Å². The summed E-state index contributed by atoms with van der Waals surface area (Å²) in [4.78, 5) is 0. The lowest BCUT2D eigenvalue weighted by atomic mass is 10.2. The number of nitrogens with zero attached hydrogens (tertiary/aromatic N) is 2. The van der Waals surface area contributed by atoms with Gasteiger partial charge >= 0.3 is 0 Å². The van der Waals surface area contributed by atoms with Crippen molar-refractivity contribution in [2.75, 3.05) is 13.7 Å². The summed E-state index contributed by atoms with van der Waals surface area (Å²) in [5.41, 5.74) is 2.10. The third-order valence-electron chi connectivity index (χ3n) is 2.96. The molecule has 0 N–H and O–H groups in total. The molecule has 0 spiro atoms. The number of hydrogen-bond acceptors (Lipinski definition) is 3. The van der Waals surface area contributed by atoms with Crippen molar-refractivity contribution in [1.29, 1.82) is 0 Å². The first-order valence-electron chi connectivity index (χ1n) is 6.07. The van der Waals surface area contributed by atoms with E-state index in [9.17, 15) is 0 Å². The maximum absolute atomic E-state index is 5.90.